The van der Waals surface area contributed by atoms with Gasteiger partial charge in [0.2, 0.25) is 0 Å². The Morgan fingerprint density at radius 2 is 0.944 bits per heavy atom. The first kappa shape index (κ1) is 52.3. The summed E-state index contributed by atoms with van der Waals surface area (Å²) in [6.07, 6.45) is 37.7. The second-order valence-corrected chi connectivity index (χ2v) is 14.9. The molecule has 0 spiro atoms. The highest BCUT2D eigenvalue weighted by Gasteiger charge is 2.13. The highest BCUT2D eigenvalue weighted by atomic mass is 16.7. The van der Waals surface area contributed by atoms with E-state index in [4.69, 9.17) is 18.9 Å². The molecule has 0 saturated carbocycles. The molecule has 1 N–H and O–H groups in total. The van der Waals surface area contributed by atoms with Gasteiger partial charge < -0.3 is 29.0 Å². The van der Waals surface area contributed by atoms with Crippen molar-refractivity contribution < 1.29 is 33.6 Å². The van der Waals surface area contributed by atoms with Gasteiger partial charge in [-0.15, -0.1) is 0 Å². The van der Waals surface area contributed by atoms with Crippen molar-refractivity contribution in [3.63, 3.8) is 0 Å². The van der Waals surface area contributed by atoms with Crippen molar-refractivity contribution in [3.8, 4) is 0 Å². The van der Waals surface area contributed by atoms with Gasteiger partial charge in [-0.25, -0.2) is 0 Å². The number of esters is 2. The van der Waals surface area contributed by atoms with Gasteiger partial charge in [0.25, 0.3) is 0 Å². The van der Waals surface area contributed by atoms with Gasteiger partial charge in [0, 0.05) is 32.6 Å². The maximum atomic E-state index is 12.4. The zero-order chi connectivity index (χ0) is 39.4. The topological polar surface area (TPSA) is 94.5 Å². The minimum Gasteiger partial charge on any atom is -0.466 e. The zero-order valence-electron chi connectivity index (χ0n) is 35.7. The number of carbonyl (C=O) groups is 2. The Kier molecular flexibility index (Phi) is 42.6. The normalized spacial score (nSPS) is 11.9. The summed E-state index contributed by atoms with van der Waals surface area (Å²) in [5, 5.41) is 9.53. The fraction of sp³-hybridized carbons (Fsp3) is 0.870. The van der Waals surface area contributed by atoms with Crippen LogP contribution in [-0.4, -0.2) is 80.9 Å². The Balaban J connectivity index is 3.95. The van der Waals surface area contributed by atoms with Crippen LogP contribution in [0.1, 0.15) is 201 Å². The Labute approximate surface area is 333 Å². The molecule has 0 fully saturated rings. The fourth-order valence-electron chi connectivity index (χ4n) is 6.33. The summed E-state index contributed by atoms with van der Waals surface area (Å²) in [7, 11) is 0. The molecule has 0 aromatic rings. The number of hydrogen-bond donors (Lipinski definition) is 1. The Morgan fingerprint density at radius 1 is 0.500 bits per heavy atom. The smallest absolute Gasteiger partial charge is 0.305 e. The van der Waals surface area contributed by atoms with Gasteiger partial charge in [-0.3, -0.25) is 9.59 Å². The molecular formula is C46H87NO7. The van der Waals surface area contributed by atoms with E-state index < -0.39 is 0 Å². The summed E-state index contributed by atoms with van der Waals surface area (Å²) < 4.78 is 23.0. The quantitative estimate of drug-likeness (QED) is 0.0284. The van der Waals surface area contributed by atoms with Crippen LogP contribution in [-0.2, 0) is 28.5 Å². The van der Waals surface area contributed by atoms with Gasteiger partial charge in [0.15, 0.2) is 6.29 Å². The van der Waals surface area contributed by atoms with Crippen LogP contribution < -0.4 is 0 Å². The number of nitrogens with zero attached hydrogens (tertiary/aromatic N) is 1. The van der Waals surface area contributed by atoms with Gasteiger partial charge in [0.05, 0.1) is 26.2 Å². The predicted octanol–water partition coefficient (Wildman–Crippen LogP) is 11.8. The Hall–Kier alpha value is -1.74. The van der Waals surface area contributed by atoms with E-state index in [0.29, 0.717) is 45.7 Å². The number of allylic oxidation sites excluding steroid dienone is 4. The van der Waals surface area contributed by atoms with Gasteiger partial charge in [-0.1, -0.05) is 122 Å². The largest absolute Gasteiger partial charge is 0.466 e. The number of rotatable bonds is 43. The first-order valence-corrected chi connectivity index (χ1v) is 22.7. The first-order valence-electron chi connectivity index (χ1n) is 22.7. The molecule has 54 heavy (non-hydrogen) atoms. The highest BCUT2D eigenvalue weighted by molar-refractivity contribution is 5.69. The van der Waals surface area contributed by atoms with Gasteiger partial charge >= 0.3 is 11.9 Å². The molecule has 8 heteroatoms. The van der Waals surface area contributed by atoms with Crippen molar-refractivity contribution in [2.45, 2.75) is 207 Å². The molecule has 0 aliphatic carbocycles. The van der Waals surface area contributed by atoms with E-state index in [9.17, 15) is 14.7 Å². The number of unbranched alkanes of at least 4 members (excludes halogenated alkanes) is 18. The van der Waals surface area contributed by atoms with Crippen molar-refractivity contribution in [3.05, 3.63) is 24.3 Å². The standard InChI is InChI=1S/C46H87NO7/c1-4-7-10-13-16-24-29-40-51-44(49)33-26-19-17-20-27-36-47(38-39-48)37-28-21-18-25-30-41-52-45(50)34-35-46(53-42-31-22-14-11-8-5-2)54-43-32-23-15-12-9-6-3/h8-9,11-12,46,48H,4-7,10,13-43H2,1-3H3/b11-8-,12-9-. The van der Waals surface area contributed by atoms with Crippen LogP contribution in [0.3, 0.4) is 0 Å². The van der Waals surface area contributed by atoms with Crippen LogP contribution in [0.25, 0.3) is 0 Å². The predicted molar refractivity (Wildman–Crippen MR) is 226 cm³/mol. The van der Waals surface area contributed by atoms with E-state index in [1.54, 1.807) is 0 Å². The second-order valence-electron chi connectivity index (χ2n) is 14.9. The van der Waals surface area contributed by atoms with Crippen LogP contribution in [0.5, 0.6) is 0 Å². The van der Waals surface area contributed by atoms with E-state index in [1.807, 2.05) is 0 Å². The Morgan fingerprint density at radius 3 is 1.44 bits per heavy atom. The summed E-state index contributed by atoms with van der Waals surface area (Å²) in [5.74, 6) is -0.209. The lowest BCUT2D eigenvalue weighted by atomic mass is 10.1. The molecule has 318 valence electrons. The summed E-state index contributed by atoms with van der Waals surface area (Å²) >= 11 is 0. The van der Waals surface area contributed by atoms with E-state index in [0.717, 1.165) is 148 Å². The van der Waals surface area contributed by atoms with Crippen molar-refractivity contribution in [1.29, 1.82) is 0 Å². The lowest BCUT2D eigenvalue weighted by Gasteiger charge is -2.21. The number of aliphatic hydroxyl groups is 1. The third-order valence-corrected chi connectivity index (χ3v) is 9.69. The minimum atomic E-state index is -0.355. The average Bonchev–Trinajstić information content (AvgIpc) is 3.17. The van der Waals surface area contributed by atoms with E-state index in [-0.39, 0.29) is 24.8 Å². The van der Waals surface area contributed by atoms with Crippen LogP contribution in [0, 0.1) is 0 Å². The van der Waals surface area contributed by atoms with Gasteiger partial charge in [-0.2, -0.15) is 0 Å². The zero-order valence-corrected chi connectivity index (χ0v) is 35.7. The number of ether oxygens (including phenoxy) is 4. The monoisotopic (exact) mass is 766 g/mol. The fourth-order valence-corrected chi connectivity index (χ4v) is 6.33. The highest BCUT2D eigenvalue weighted by Crippen LogP contribution is 2.13. The molecule has 0 amide bonds. The molecule has 0 unspecified atom stereocenters. The van der Waals surface area contributed by atoms with Crippen LogP contribution in [0.4, 0.5) is 0 Å². The lowest BCUT2D eigenvalue weighted by Crippen LogP contribution is -2.29. The molecule has 0 aliphatic heterocycles. The molecule has 0 saturated heterocycles. The van der Waals surface area contributed by atoms with E-state index in [1.165, 1.54) is 32.1 Å². The number of aliphatic hydroxyl groups excluding tert-OH is 1. The van der Waals surface area contributed by atoms with Crippen LogP contribution in [0.15, 0.2) is 24.3 Å². The van der Waals surface area contributed by atoms with Crippen molar-refractivity contribution in [1.82, 2.24) is 4.90 Å². The second kappa shape index (κ2) is 44.0. The lowest BCUT2D eigenvalue weighted by molar-refractivity contribution is -0.159. The third-order valence-electron chi connectivity index (χ3n) is 9.69. The van der Waals surface area contributed by atoms with Gasteiger partial charge in [-0.05, 0) is 96.6 Å². The number of hydrogen-bond acceptors (Lipinski definition) is 8. The molecule has 0 heterocycles. The maximum absolute atomic E-state index is 12.4. The third kappa shape index (κ3) is 39.9. The number of carbonyl (C=O) groups excluding carboxylic acids is 2. The van der Waals surface area contributed by atoms with E-state index in [2.05, 4.69) is 50.0 Å². The molecule has 0 bridgehead atoms. The molecule has 0 radical (unpaired) electrons. The average molecular weight is 766 g/mol. The summed E-state index contributed by atoms with van der Waals surface area (Å²) in [5.41, 5.74) is 0. The maximum Gasteiger partial charge on any atom is 0.305 e. The molecular weight excluding hydrogens is 679 g/mol. The molecule has 0 aliphatic rings. The van der Waals surface area contributed by atoms with Gasteiger partial charge in [0.1, 0.15) is 0 Å². The van der Waals surface area contributed by atoms with Crippen molar-refractivity contribution >= 4 is 11.9 Å². The minimum absolute atomic E-state index is 0.0406. The molecule has 0 aromatic heterocycles. The molecule has 0 rings (SSSR count). The first-order chi connectivity index (χ1) is 26.6. The summed E-state index contributed by atoms with van der Waals surface area (Å²) in [6, 6.07) is 0. The van der Waals surface area contributed by atoms with Crippen molar-refractivity contribution in [2.75, 3.05) is 52.7 Å². The summed E-state index contributed by atoms with van der Waals surface area (Å²) in [4.78, 5) is 26.8. The Bertz CT molecular complexity index is 825. The SMILES string of the molecule is CC/C=C\CCCCOC(CCC(=O)OCCCCCCCN(CCO)CCCCCCCC(=O)OCCCCCCCCC)OCCCC/C=C\CC. The molecule has 0 atom stereocenters. The van der Waals surface area contributed by atoms with Crippen LogP contribution in [0.2, 0.25) is 0 Å². The molecule has 0 aromatic carbocycles. The molecule has 8 nitrogen and oxygen atoms in total. The summed E-state index contributed by atoms with van der Waals surface area (Å²) in [6.45, 7) is 11.8. The van der Waals surface area contributed by atoms with Crippen LogP contribution >= 0.6 is 0 Å². The van der Waals surface area contributed by atoms with E-state index >= 15 is 0 Å². The van der Waals surface area contributed by atoms with Crippen molar-refractivity contribution in [2.24, 2.45) is 0 Å².